The fraction of sp³-hybridized carbons (Fsp3) is 0.353. The number of hydrogen-bond donors (Lipinski definition) is 1. The van der Waals surface area contributed by atoms with Gasteiger partial charge in [-0.2, -0.15) is 0 Å². The van der Waals surface area contributed by atoms with Gasteiger partial charge >= 0.3 is 0 Å². The van der Waals surface area contributed by atoms with E-state index >= 15 is 0 Å². The number of amides is 1. The smallest absolute Gasteiger partial charge is 0.245 e. The molecule has 0 aliphatic carbocycles. The maximum absolute atomic E-state index is 11.8. The van der Waals surface area contributed by atoms with Crippen LogP contribution >= 0.6 is 11.6 Å². The fourth-order valence-electron chi connectivity index (χ4n) is 2.87. The zero-order chi connectivity index (χ0) is 15.9. The highest BCUT2D eigenvalue weighted by atomic mass is 35.5. The first-order chi connectivity index (χ1) is 10.5. The van der Waals surface area contributed by atoms with Crippen LogP contribution in [0.4, 0.5) is 5.69 Å². The topological polar surface area (TPSA) is 45.5 Å². The van der Waals surface area contributed by atoms with E-state index in [2.05, 4.69) is 12.2 Å². The predicted octanol–water partition coefficient (Wildman–Crippen LogP) is 3.88. The van der Waals surface area contributed by atoms with E-state index in [0.29, 0.717) is 10.9 Å². The molecule has 0 bridgehead atoms. The van der Waals surface area contributed by atoms with Gasteiger partial charge < -0.3 is 14.6 Å². The van der Waals surface area contributed by atoms with E-state index in [9.17, 15) is 4.79 Å². The first-order valence-corrected chi connectivity index (χ1v) is 7.69. The molecule has 1 amide bonds. The molecular weight excluding hydrogens is 300 g/mol. The van der Waals surface area contributed by atoms with Crippen molar-refractivity contribution in [1.29, 1.82) is 0 Å². The molecule has 22 heavy (non-hydrogen) atoms. The number of hydrogen-bond acceptors (Lipinski definition) is 3. The van der Waals surface area contributed by atoms with Crippen molar-refractivity contribution in [2.24, 2.45) is 5.92 Å². The molecule has 0 saturated heterocycles. The summed E-state index contributed by atoms with van der Waals surface area (Å²) in [5, 5.41) is 5.12. The van der Waals surface area contributed by atoms with Crippen LogP contribution in [0.5, 0.6) is 0 Å². The molecule has 0 saturated carbocycles. The van der Waals surface area contributed by atoms with Gasteiger partial charge in [-0.05, 0) is 24.1 Å². The summed E-state index contributed by atoms with van der Waals surface area (Å²) in [6, 6.07) is 3.73. The van der Waals surface area contributed by atoms with Crippen molar-refractivity contribution in [2.75, 3.05) is 26.0 Å². The second-order valence-electron chi connectivity index (χ2n) is 5.96. The summed E-state index contributed by atoms with van der Waals surface area (Å²) in [7, 11) is 3.49. The van der Waals surface area contributed by atoms with Crippen LogP contribution < -0.4 is 5.32 Å². The molecule has 116 valence electrons. The Morgan fingerprint density at radius 1 is 1.45 bits per heavy atom. The van der Waals surface area contributed by atoms with Crippen molar-refractivity contribution in [3.8, 4) is 0 Å². The number of rotatable bonds is 2. The molecule has 2 heterocycles. The van der Waals surface area contributed by atoms with Gasteiger partial charge in [0.25, 0.3) is 0 Å². The predicted molar refractivity (Wildman–Crippen MR) is 89.5 cm³/mol. The molecule has 4 nitrogen and oxygen atoms in total. The van der Waals surface area contributed by atoms with E-state index in [1.54, 1.807) is 31.3 Å². The number of furan rings is 1. The van der Waals surface area contributed by atoms with Gasteiger partial charge in [-0.15, -0.1) is 0 Å². The lowest BCUT2D eigenvalue weighted by Gasteiger charge is -2.18. The molecule has 2 unspecified atom stereocenters. The Morgan fingerprint density at radius 2 is 2.23 bits per heavy atom. The molecule has 1 aromatic carbocycles. The van der Waals surface area contributed by atoms with Gasteiger partial charge in [-0.25, -0.2) is 0 Å². The Kier molecular flexibility index (Phi) is 3.87. The van der Waals surface area contributed by atoms with Crippen LogP contribution in [0.1, 0.15) is 18.4 Å². The van der Waals surface area contributed by atoms with Crippen molar-refractivity contribution >= 4 is 34.2 Å². The molecular formula is C17H19ClN2O2. The van der Waals surface area contributed by atoms with Gasteiger partial charge in [-0.3, -0.25) is 4.79 Å². The first-order valence-electron chi connectivity index (χ1n) is 7.32. The Bertz CT molecular complexity index is 748. The third kappa shape index (κ3) is 2.48. The number of benzene rings is 1. The van der Waals surface area contributed by atoms with E-state index in [-0.39, 0.29) is 11.8 Å². The Labute approximate surface area is 134 Å². The number of carbonyl (C=O) groups excluding carboxylic acids is 1. The molecule has 1 aromatic heterocycles. The molecule has 0 radical (unpaired) electrons. The summed E-state index contributed by atoms with van der Waals surface area (Å²) in [6.07, 6.45) is 5.38. The highest BCUT2D eigenvalue weighted by molar-refractivity contribution is 6.35. The van der Waals surface area contributed by atoms with Crippen LogP contribution in [-0.2, 0) is 4.79 Å². The average molecular weight is 319 g/mol. The normalized spacial score (nSPS) is 20.9. The average Bonchev–Trinajstić information content (AvgIpc) is 2.84. The quantitative estimate of drug-likeness (QED) is 0.855. The maximum atomic E-state index is 11.8. The van der Waals surface area contributed by atoms with Gasteiger partial charge in [0.1, 0.15) is 5.58 Å². The van der Waals surface area contributed by atoms with Crippen LogP contribution in [0.3, 0.4) is 0 Å². The highest BCUT2D eigenvalue weighted by Crippen LogP contribution is 2.42. The molecule has 3 rings (SSSR count). The third-order valence-electron chi connectivity index (χ3n) is 4.18. The van der Waals surface area contributed by atoms with Gasteiger partial charge in [-0.1, -0.05) is 24.6 Å². The first kappa shape index (κ1) is 15.0. The number of halogens is 1. The van der Waals surface area contributed by atoms with Gasteiger partial charge in [0.05, 0.1) is 17.0 Å². The SMILES string of the molecule is CC1CNc2c(Cl)ccc3occ(c23)C1C=CC(=O)N(C)C. The van der Waals surface area contributed by atoms with Crippen LogP contribution in [0, 0.1) is 5.92 Å². The van der Waals surface area contributed by atoms with Gasteiger partial charge in [0.15, 0.2) is 0 Å². The second kappa shape index (κ2) is 5.69. The van der Waals surface area contributed by atoms with Crippen molar-refractivity contribution in [2.45, 2.75) is 12.8 Å². The Hall–Kier alpha value is -1.94. The molecule has 5 heteroatoms. The van der Waals surface area contributed by atoms with Crippen LogP contribution in [0.25, 0.3) is 11.0 Å². The number of allylic oxidation sites excluding steroid dienone is 1. The zero-order valence-corrected chi connectivity index (χ0v) is 13.6. The maximum Gasteiger partial charge on any atom is 0.245 e. The molecule has 1 aliphatic rings. The summed E-state index contributed by atoms with van der Waals surface area (Å²) in [5.41, 5.74) is 2.81. The van der Waals surface area contributed by atoms with Crippen molar-refractivity contribution in [3.05, 3.63) is 41.1 Å². The van der Waals surface area contributed by atoms with Crippen LogP contribution in [-0.4, -0.2) is 31.4 Å². The van der Waals surface area contributed by atoms with E-state index in [1.807, 2.05) is 18.2 Å². The Morgan fingerprint density at radius 3 is 2.95 bits per heavy atom. The van der Waals surface area contributed by atoms with Crippen LogP contribution in [0.15, 0.2) is 35.0 Å². The van der Waals surface area contributed by atoms with E-state index in [0.717, 1.165) is 28.8 Å². The zero-order valence-electron chi connectivity index (χ0n) is 12.9. The summed E-state index contributed by atoms with van der Waals surface area (Å²) in [6.45, 7) is 2.94. The summed E-state index contributed by atoms with van der Waals surface area (Å²) >= 11 is 6.32. The number of nitrogens with zero attached hydrogens (tertiary/aromatic N) is 1. The van der Waals surface area contributed by atoms with Crippen molar-refractivity contribution in [3.63, 3.8) is 0 Å². The van der Waals surface area contributed by atoms with E-state index < -0.39 is 0 Å². The number of nitrogens with one attached hydrogen (secondary N) is 1. The second-order valence-corrected chi connectivity index (χ2v) is 6.37. The number of carbonyl (C=O) groups is 1. The van der Waals surface area contributed by atoms with Crippen molar-refractivity contribution in [1.82, 2.24) is 4.90 Å². The Balaban J connectivity index is 2.09. The lowest BCUT2D eigenvalue weighted by atomic mass is 9.87. The fourth-order valence-corrected chi connectivity index (χ4v) is 3.10. The largest absolute Gasteiger partial charge is 0.464 e. The minimum atomic E-state index is -0.0181. The standard InChI is InChI=1S/C17H19ClN2O2/c1-10-8-19-17-13(18)5-6-14-16(17)12(9-22-14)11(10)4-7-15(21)20(2)3/h4-7,9-11,19H,8H2,1-3H3. The monoisotopic (exact) mass is 318 g/mol. The van der Waals surface area contributed by atoms with Crippen molar-refractivity contribution < 1.29 is 9.21 Å². The van der Waals surface area contributed by atoms with Gasteiger partial charge in [0.2, 0.25) is 5.91 Å². The van der Waals surface area contributed by atoms with E-state index in [1.165, 1.54) is 0 Å². The minimum absolute atomic E-state index is 0.0181. The number of anilines is 1. The summed E-state index contributed by atoms with van der Waals surface area (Å²) < 4.78 is 5.68. The highest BCUT2D eigenvalue weighted by Gasteiger charge is 2.27. The molecule has 2 atom stereocenters. The molecule has 0 fully saturated rings. The van der Waals surface area contributed by atoms with Crippen LogP contribution in [0.2, 0.25) is 5.02 Å². The molecule has 2 aromatic rings. The number of likely N-dealkylation sites (N-methyl/N-ethyl adjacent to an activating group) is 1. The molecule has 1 N–H and O–H groups in total. The third-order valence-corrected chi connectivity index (χ3v) is 4.49. The van der Waals surface area contributed by atoms with Gasteiger partial charge in [0, 0.05) is 37.5 Å². The summed E-state index contributed by atoms with van der Waals surface area (Å²) in [5.74, 6) is 0.406. The van der Waals surface area contributed by atoms with E-state index in [4.69, 9.17) is 16.0 Å². The lowest BCUT2D eigenvalue weighted by molar-refractivity contribution is -0.123. The summed E-state index contributed by atoms with van der Waals surface area (Å²) in [4.78, 5) is 13.4. The lowest BCUT2D eigenvalue weighted by Crippen LogP contribution is -2.20. The molecule has 1 aliphatic heterocycles. The minimum Gasteiger partial charge on any atom is -0.464 e. The molecule has 0 spiro atoms.